The highest BCUT2D eigenvalue weighted by Gasteiger charge is 2.24. The number of benzene rings is 2. The third-order valence-corrected chi connectivity index (χ3v) is 5.53. The Bertz CT molecular complexity index is 1200. The molecule has 0 radical (unpaired) electrons. The van der Waals surface area contributed by atoms with E-state index in [1.165, 1.54) is 15.5 Å². The van der Waals surface area contributed by atoms with Gasteiger partial charge in [-0.2, -0.15) is 0 Å². The van der Waals surface area contributed by atoms with Gasteiger partial charge in [-0.25, -0.2) is 10.2 Å². The summed E-state index contributed by atoms with van der Waals surface area (Å²) < 4.78 is 7.22. The molecule has 0 fully saturated rings. The zero-order valence-electron chi connectivity index (χ0n) is 18.6. The molecule has 3 amide bonds. The van der Waals surface area contributed by atoms with Crippen LogP contribution in [0.15, 0.2) is 59.4 Å². The van der Waals surface area contributed by atoms with Crippen LogP contribution in [-0.2, 0) is 27.3 Å². The van der Waals surface area contributed by atoms with Crippen molar-refractivity contribution in [3.8, 4) is 0 Å². The molecule has 0 saturated carbocycles. The Balaban J connectivity index is 1.69. The van der Waals surface area contributed by atoms with Gasteiger partial charge in [-0.15, -0.1) is 0 Å². The van der Waals surface area contributed by atoms with Gasteiger partial charge in [0.05, 0.1) is 10.1 Å². The summed E-state index contributed by atoms with van der Waals surface area (Å²) in [7, 11) is 0. The van der Waals surface area contributed by atoms with Crippen LogP contribution in [0.4, 0.5) is 4.79 Å². The van der Waals surface area contributed by atoms with Crippen molar-refractivity contribution in [1.29, 1.82) is 0 Å². The van der Waals surface area contributed by atoms with Gasteiger partial charge in [0.1, 0.15) is 18.2 Å². The maximum absolute atomic E-state index is 12.8. The topological polar surface area (TPSA) is 119 Å². The number of hydrogen-bond donors (Lipinski definition) is 3. The van der Waals surface area contributed by atoms with Crippen molar-refractivity contribution in [2.24, 2.45) is 0 Å². The molecule has 0 aliphatic rings. The molecule has 0 spiro atoms. The monoisotopic (exact) mass is 470 g/mol. The first kappa shape index (κ1) is 24.0. The van der Waals surface area contributed by atoms with Crippen molar-refractivity contribution in [3.05, 3.63) is 70.5 Å². The third kappa shape index (κ3) is 6.91. The summed E-state index contributed by atoms with van der Waals surface area (Å²) in [5.41, 5.74) is 4.29. The highest BCUT2D eigenvalue weighted by Crippen LogP contribution is 2.15. The number of hydrogen-bond acceptors (Lipinski definition) is 6. The van der Waals surface area contributed by atoms with Gasteiger partial charge in [-0.3, -0.25) is 23.8 Å². The first-order valence-corrected chi connectivity index (χ1v) is 11.1. The minimum Gasteiger partial charge on any atom is -0.443 e. The number of hydrazine groups is 1. The van der Waals surface area contributed by atoms with Gasteiger partial charge in [0.25, 0.3) is 11.5 Å². The number of amides is 3. The van der Waals surface area contributed by atoms with Crippen LogP contribution in [0.5, 0.6) is 0 Å². The lowest BCUT2D eigenvalue weighted by Crippen LogP contribution is -2.54. The van der Waals surface area contributed by atoms with Gasteiger partial charge in [-0.1, -0.05) is 54.0 Å². The van der Waals surface area contributed by atoms with E-state index in [1.54, 1.807) is 32.9 Å². The van der Waals surface area contributed by atoms with Gasteiger partial charge < -0.3 is 10.1 Å². The predicted octanol–water partition coefficient (Wildman–Crippen LogP) is 2.35. The Morgan fingerprint density at radius 1 is 1.00 bits per heavy atom. The molecule has 3 N–H and O–H groups in total. The van der Waals surface area contributed by atoms with Crippen molar-refractivity contribution < 1.29 is 19.1 Å². The van der Waals surface area contributed by atoms with Gasteiger partial charge in [0.15, 0.2) is 0 Å². The molecule has 9 nitrogen and oxygen atoms in total. The Morgan fingerprint density at radius 2 is 1.67 bits per heavy atom. The van der Waals surface area contributed by atoms with E-state index < -0.39 is 29.6 Å². The van der Waals surface area contributed by atoms with Crippen LogP contribution in [0.2, 0.25) is 0 Å². The van der Waals surface area contributed by atoms with E-state index in [1.807, 2.05) is 42.5 Å². The number of fused-ring (bicyclic) bond motifs is 1. The molecule has 1 unspecified atom stereocenters. The summed E-state index contributed by atoms with van der Waals surface area (Å²) in [6, 6.07) is 15.2. The van der Waals surface area contributed by atoms with Crippen LogP contribution >= 0.6 is 11.5 Å². The number of nitrogens with zero attached hydrogens (tertiary/aromatic N) is 1. The molecular formula is C23H26N4O5S. The zero-order valence-corrected chi connectivity index (χ0v) is 19.4. The first-order chi connectivity index (χ1) is 15.6. The average molecular weight is 471 g/mol. The van der Waals surface area contributed by atoms with E-state index in [-0.39, 0.29) is 18.5 Å². The first-order valence-electron chi connectivity index (χ1n) is 10.3. The maximum atomic E-state index is 12.8. The summed E-state index contributed by atoms with van der Waals surface area (Å²) in [5.74, 6) is -1.13. The number of nitrogens with one attached hydrogen (secondary N) is 3. The second-order valence-electron chi connectivity index (χ2n) is 8.36. The largest absolute Gasteiger partial charge is 0.443 e. The molecule has 1 heterocycles. The highest BCUT2D eigenvalue weighted by molar-refractivity contribution is 7.13. The van der Waals surface area contributed by atoms with Gasteiger partial charge in [-0.05, 0) is 38.5 Å². The molecule has 0 bridgehead atoms. The number of carbonyl (C=O) groups is 3. The predicted molar refractivity (Wildman–Crippen MR) is 126 cm³/mol. The van der Waals surface area contributed by atoms with E-state index in [0.717, 1.165) is 10.3 Å². The van der Waals surface area contributed by atoms with E-state index in [4.69, 9.17) is 4.74 Å². The van der Waals surface area contributed by atoms with E-state index >= 15 is 0 Å². The fourth-order valence-corrected chi connectivity index (χ4v) is 4.05. The van der Waals surface area contributed by atoms with Crippen LogP contribution < -0.4 is 21.7 Å². The summed E-state index contributed by atoms with van der Waals surface area (Å²) in [4.78, 5) is 49.8. The summed E-state index contributed by atoms with van der Waals surface area (Å²) in [6.45, 7) is 4.87. The molecule has 1 aromatic heterocycles. The van der Waals surface area contributed by atoms with Crippen LogP contribution in [0, 0.1) is 0 Å². The molecule has 174 valence electrons. The standard InChI is InChI=1S/C23H26N4O5S/c1-23(2,3)32-22(31)26-25-20(29)17(13-15-9-5-4-6-10-15)24-19(28)14-27-21(30)16-11-7-8-12-18(16)33-27/h4-12,17H,13-14H2,1-3H3,(H,24,28)(H,25,29)(H,26,31). The lowest BCUT2D eigenvalue weighted by Gasteiger charge is -2.22. The summed E-state index contributed by atoms with van der Waals surface area (Å²) in [5, 5.41) is 3.20. The molecule has 0 aliphatic heterocycles. The van der Waals surface area contributed by atoms with Crippen LogP contribution in [0.1, 0.15) is 26.3 Å². The Labute approximate surface area is 194 Å². The van der Waals surface area contributed by atoms with Crippen molar-refractivity contribution in [3.63, 3.8) is 0 Å². The van der Waals surface area contributed by atoms with Gasteiger partial charge in [0, 0.05) is 6.42 Å². The highest BCUT2D eigenvalue weighted by atomic mass is 32.1. The normalized spacial score (nSPS) is 12.1. The fraction of sp³-hybridized carbons (Fsp3) is 0.304. The van der Waals surface area contributed by atoms with E-state index in [9.17, 15) is 19.2 Å². The lowest BCUT2D eigenvalue weighted by molar-refractivity contribution is -0.129. The molecule has 33 heavy (non-hydrogen) atoms. The quantitative estimate of drug-likeness (QED) is 0.478. The Hall–Kier alpha value is -3.66. The maximum Gasteiger partial charge on any atom is 0.426 e. The zero-order chi connectivity index (χ0) is 24.0. The van der Waals surface area contributed by atoms with Crippen LogP contribution in [0.3, 0.4) is 0 Å². The molecule has 0 aliphatic carbocycles. The van der Waals surface area contributed by atoms with E-state index in [0.29, 0.717) is 5.39 Å². The van der Waals surface area contributed by atoms with Gasteiger partial charge >= 0.3 is 6.09 Å². The fourth-order valence-electron chi connectivity index (χ4n) is 3.05. The van der Waals surface area contributed by atoms with Crippen molar-refractivity contribution in [1.82, 2.24) is 20.1 Å². The van der Waals surface area contributed by atoms with E-state index in [2.05, 4.69) is 16.2 Å². The number of rotatable bonds is 6. The molecule has 1 atom stereocenters. The SMILES string of the molecule is CC(C)(C)OC(=O)NNC(=O)C(Cc1ccccc1)NC(=O)Cn1sc2ccccc2c1=O. The number of aromatic nitrogens is 1. The summed E-state index contributed by atoms with van der Waals surface area (Å²) >= 11 is 1.18. The van der Waals surface area contributed by atoms with Crippen molar-refractivity contribution >= 4 is 39.5 Å². The number of carbonyl (C=O) groups excluding carboxylic acids is 3. The Morgan fingerprint density at radius 3 is 2.33 bits per heavy atom. The average Bonchev–Trinajstić information content (AvgIpc) is 3.06. The molecule has 3 aromatic rings. The smallest absolute Gasteiger partial charge is 0.426 e. The second kappa shape index (κ2) is 10.3. The van der Waals surface area contributed by atoms with Crippen molar-refractivity contribution in [2.45, 2.75) is 45.4 Å². The summed E-state index contributed by atoms with van der Waals surface area (Å²) in [6.07, 6.45) is -0.632. The molecule has 10 heteroatoms. The van der Waals surface area contributed by atoms with Crippen LogP contribution in [-0.4, -0.2) is 33.5 Å². The van der Waals surface area contributed by atoms with Crippen LogP contribution in [0.25, 0.3) is 10.1 Å². The second-order valence-corrected chi connectivity index (χ2v) is 9.42. The molecular weight excluding hydrogens is 444 g/mol. The molecule has 2 aromatic carbocycles. The van der Waals surface area contributed by atoms with Gasteiger partial charge in [0.2, 0.25) is 5.91 Å². The minimum atomic E-state index is -0.986. The molecule has 0 saturated heterocycles. The lowest BCUT2D eigenvalue weighted by atomic mass is 10.1. The Kier molecular flexibility index (Phi) is 7.49. The number of ether oxygens (including phenoxy) is 1. The van der Waals surface area contributed by atoms with Crippen molar-refractivity contribution in [2.75, 3.05) is 0 Å². The third-order valence-electron chi connectivity index (χ3n) is 4.46. The minimum absolute atomic E-state index is 0.190. The molecule has 3 rings (SSSR count).